The van der Waals surface area contributed by atoms with Crippen LogP contribution >= 0.6 is 27.3 Å². The maximum Gasteiger partial charge on any atom is 0.193 e. The molecule has 2 aromatic rings. The second kappa shape index (κ2) is 9.03. The van der Waals surface area contributed by atoms with Crippen LogP contribution in [0.3, 0.4) is 0 Å². The molecule has 0 saturated heterocycles. The van der Waals surface area contributed by atoms with Gasteiger partial charge in [-0.3, -0.25) is 4.99 Å². The molecule has 4 nitrogen and oxygen atoms in total. The highest BCUT2D eigenvalue weighted by Gasteiger charge is 2.09. The van der Waals surface area contributed by atoms with Crippen LogP contribution in [0.2, 0.25) is 0 Å². The molecule has 0 unspecified atom stereocenters. The van der Waals surface area contributed by atoms with Gasteiger partial charge in [-0.2, -0.15) is 0 Å². The number of nitrogens with zero attached hydrogens (tertiary/aromatic N) is 3. The first-order valence-corrected chi connectivity index (χ1v) is 9.33. The van der Waals surface area contributed by atoms with Crippen molar-refractivity contribution in [2.75, 3.05) is 20.6 Å². The number of hydrogen-bond donors (Lipinski definition) is 1. The Hall–Kier alpha value is -1.40. The first-order valence-electron chi connectivity index (χ1n) is 7.72. The average molecular weight is 395 g/mol. The number of thiazole rings is 1. The van der Waals surface area contributed by atoms with Crippen molar-refractivity contribution in [2.24, 2.45) is 4.99 Å². The Morgan fingerprint density at radius 1 is 1.39 bits per heavy atom. The van der Waals surface area contributed by atoms with Crippen LogP contribution in [0.4, 0.5) is 0 Å². The minimum atomic E-state index is 0.804. The van der Waals surface area contributed by atoms with Gasteiger partial charge in [-0.15, -0.1) is 11.3 Å². The monoisotopic (exact) mass is 394 g/mol. The van der Waals surface area contributed by atoms with Gasteiger partial charge in [0.1, 0.15) is 0 Å². The molecule has 1 aromatic heterocycles. The SMILES string of the molecule is CCc1cnc(CCNC(=NC)N(C)Cc2ccccc2Br)s1. The number of aromatic nitrogens is 1. The molecule has 6 heteroatoms. The summed E-state index contributed by atoms with van der Waals surface area (Å²) in [5.74, 6) is 0.896. The zero-order valence-corrected chi connectivity index (χ0v) is 16.2. The van der Waals surface area contributed by atoms with Crippen molar-refractivity contribution in [3.05, 3.63) is 50.4 Å². The number of guanidine groups is 1. The van der Waals surface area contributed by atoms with E-state index < -0.39 is 0 Å². The molecule has 0 spiro atoms. The van der Waals surface area contributed by atoms with Gasteiger partial charge in [0.15, 0.2) is 5.96 Å². The minimum Gasteiger partial charge on any atom is -0.356 e. The summed E-state index contributed by atoms with van der Waals surface area (Å²) in [5, 5.41) is 4.59. The lowest BCUT2D eigenvalue weighted by Gasteiger charge is -2.22. The van der Waals surface area contributed by atoms with Gasteiger partial charge in [-0.05, 0) is 18.1 Å². The first-order chi connectivity index (χ1) is 11.1. The number of aryl methyl sites for hydroxylation is 1. The van der Waals surface area contributed by atoms with Crippen LogP contribution in [0.1, 0.15) is 22.4 Å². The van der Waals surface area contributed by atoms with E-state index in [9.17, 15) is 0 Å². The molecule has 0 atom stereocenters. The smallest absolute Gasteiger partial charge is 0.193 e. The van der Waals surface area contributed by atoms with Crippen LogP contribution in [0.5, 0.6) is 0 Å². The average Bonchev–Trinajstić information content (AvgIpc) is 3.01. The Kier molecular flexibility index (Phi) is 7.05. The molecule has 1 N–H and O–H groups in total. The zero-order chi connectivity index (χ0) is 16.7. The summed E-state index contributed by atoms with van der Waals surface area (Å²) in [5.41, 5.74) is 1.24. The van der Waals surface area contributed by atoms with Gasteiger partial charge in [-0.25, -0.2) is 4.98 Å². The van der Waals surface area contributed by atoms with E-state index in [1.165, 1.54) is 15.4 Å². The molecule has 2 rings (SSSR count). The molecule has 1 aromatic carbocycles. The normalized spacial score (nSPS) is 11.6. The molecule has 0 aliphatic heterocycles. The van der Waals surface area contributed by atoms with E-state index in [2.05, 4.69) is 61.2 Å². The van der Waals surface area contributed by atoms with Gasteiger partial charge in [-0.1, -0.05) is 41.1 Å². The molecule has 0 bridgehead atoms. The lowest BCUT2D eigenvalue weighted by Crippen LogP contribution is -2.39. The van der Waals surface area contributed by atoms with Gasteiger partial charge >= 0.3 is 0 Å². The van der Waals surface area contributed by atoms with Gasteiger partial charge in [0.25, 0.3) is 0 Å². The topological polar surface area (TPSA) is 40.5 Å². The predicted octanol–water partition coefficient (Wildman–Crippen LogP) is 3.72. The molecule has 0 aliphatic rings. The molecule has 0 aliphatic carbocycles. The third kappa shape index (κ3) is 5.32. The Labute approximate surface area is 150 Å². The Morgan fingerprint density at radius 2 is 2.17 bits per heavy atom. The summed E-state index contributed by atoms with van der Waals surface area (Å²) in [7, 11) is 3.87. The van der Waals surface area contributed by atoms with Crippen molar-refractivity contribution in [3.8, 4) is 0 Å². The zero-order valence-electron chi connectivity index (χ0n) is 13.8. The van der Waals surface area contributed by atoms with Crippen LogP contribution in [0.15, 0.2) is 39.9 Å². The van der Waals surface area contributed by atoms with Gasteiger partial charge in [0.05, 0.1) is 5.01 Å². The fraction of sp³-hybridized carbons (Fsp3) is 0.412. The molecular formula is C17H23BrN4S. The van der Waals surface area contributed by atoms with Crippen molar-refractivity contribution in [1.29, 1.82) is 0 Å². The number of rotatable bonds is 6. The van der Waals surface area contributed by atoms with Crippen molar-refractivity contribution in [1.82, 2.24) is 15.2 Å². The highest BCUT2D eigenvalue weighted by Crippen LogP contribution is 2.17. The summed E-state index contributed by atoms with van der Waals surface area (Å²) < 4.78 is 1.12. The third-order valence-electron chi connectivity index (χ3n) is 3.51. The van der Waals surface area contributed by atoms with Crippen LogP contribution in [-0.4, -0.2) is 36.5 Å². The summed E-state index contributed by atoms with van der Waals surface area (Å²) in [6, 6.07) is 8.26. The molecule has 124 valence electrons. The minimum absolute atomic E-state index is 0.804. The predicted molar refractivity (Wildman–Crippen MR) is 102 cm³/mol. The summed E-state index contributed by atoms with van der Waals surface area (Å²) >= 11 is 5.39. The Morgan fingerprint density at radius 3 is 2.83 bits per heavy atom. The van der Waals surface area contributed by atoms with E-state index in [0.29, 0.717) is 0 Å². The number of nitrogens with one attached hydrogen (secondary N) is 1. The molecule has 0 fully saturated rings. The number of hydrogen-bond acceptors (Lipinski definition) is 3. The number of aliphatic imine (C=N–C) groups is 1. The van der Waals surface area contributed by atoms with Crippen molar-refractivity contribution < 1.29 is 0 Å². The molecule has 1 heterocycles. The number of benzene rings is 1. The summed E-state index contributed by atoms with van der Waals surface area (Å²) in [6.07, 6.45) is 3.96. The van der Waals surface area contributed by atoms with Crippen molar-refractivity contribution in [3.63, 3.8) is 0 Å². The van der Waals surface area contributed by atoms with Crippen LogP contribution in [0, 0.1) is 0 Å². The van der Waals surface area contributed by atoms with E-state index in [1.807, 2.05) is 26.4 Å². The second-order valence-corrected chi connectivity index (χ2v) is 7.30. The van der Waals surface area contributed by atoms with Crippen LogP contribution < -0.4 is 5.32 Å². The van der Waals surface area contributed by atoms with Crippen molar-refractivity contribution >= 4 is 33.2 Å². The lowest BCUT2D eigenvalue weighted by molar-refractivity contribution is 0.476. The second-order valence-electron chi connectivity index (χ2n) is 5.25. The maximum atomic E-state index is 4.45. The van der Waals surface area contributed by atoms with Gasteiger partial charge < -0.3 is 10.2 Å². The highest BCUT2D eigenvalue weighted by atomic mass is 79.9. The molecule has 0 radical (unpaired) electrons. The standard InChI is InChI=1S/C17H23BrN4S/c1-4-14-11-21-16(23-14)9-10-20-17(19-2)22(3)12-13-7-5-6-8-15(13)18/h5-8,11H,4,9-10,12H2,1-3H3,(H,19,20). The Bertz CT molecular complexity index is 654. The lowest BCUT2D eigenvalue weighted by atomic mass is 10.2. The van der Waals surface area contributed by atoms with E-state index in [0.717, 1.165) is 36.4 Å². The quantitative estimate of drug-likeness (QED) is 0.599. The van der Waals surface area contributed by atoms with E-state index >= 15 is 0 Å². The molecule has 0 amide bonds. The molecule has 23 heavy (non-hydrogen) atoms. The fourth-order valence-corrected chi connectivity index (χ4v) is 3.52. The largest absolute Gasteiger partial charge is 0.356 e. The number of halogens is 1. The first kappa shape index (κ1) is 17.9. The van der Waals surface area contributed by atoms with E-state index in [4.69, 9.17) is 0 Å². The summed E-state index contributed by atoms with van der Waals surface area (Å²) in [6.45, 7) is 3.80. The Balaban J connectivity index is 1.86. The van der Waals surface area contributed by atoms with Gasteiger partial charge in [0.2, 0.25) is 0 Å². The maximum absolute atomic E-state index is 4.45. The van der Waals surface area contributed by atoms with Crippen LogP contribution in [0.25, 0.3) is 0 Å². The van der Waals surface area contributed by atoms with Crippen LogP contribution in [-0.2, 0) is 19.4 Å². The highest BCUT2D eigenvalue weighted by molar-refractivity contribution is 9.10. The van der Waals surface area contributed by atoms with Gasteiger partial charge in [0, 0.05) is 49.2 Å². The van der Waals surface area contributed by atoms with Crippen molar-refractivity contribution in [2.45, 2.75) is 26.3 Å². The van der Waals surface area contributed by atoms with E-state index in [1.54, 1.807) is 11.3 Å². The third-order valence-corrected chi connectivity index (χ3v) is 5.49. The molecule has 0 saturated carbocycles. The molecular weight excluding hydrogens is 372 g/mol. The fourth-order valence-electron chi connectivity index (χ4n) is 2.25. The summed E-state index contributed by atoms with van der Waals surface area (Å²) in [4.78, 5) is 12.3. The van der Waals surface area contributed by atoms with E-state index in [-0.39, 0.29) is 0 Å².